The van der Waals surface area contributed by atoms with E-state index in [0.29, 0.717) is 38.9 Å². The molecule has 2 unspecified atom stereocenters. The number of rotatable bonds is 14. The highest BCUT2D eigenvalue weighted by Crippen LogP contribution is 2.55. The van der Waals surface area contributed by atoms with Crippen LogP contribution in [-0.4, -0.2) is 54.0 Å². The molecule has 0 N–H and O–H groups in total. The Morgan fingerprint density at radius 1 is 0.648 bits per heavy atom. The Bertz CT molecular complexity index is 1880. The van der Waals surface area contributed by atoms with Crippen LogP contribution in [0.5, 0.6) is 0 Å². The molecular formula is C43H57O9P2+. The van der Waals surface area contributed by atoms with E-state index in [1.807, 2.05) is 71.0 Å². The van der Waals surface area contributed by atoms with Crippen molar-refractivity contribution in [1.82, 2.24) is 0 Å². The van der Waals surface area contributed by atoms with Crippen molar-refractivity contribution in [2.45, 2.75) is 90.5 Å². The number of benzene rings is 3. The quantitative estimate of drug-likeness (QED) is 0.0889. The third-order valence-electron chi connectivity index (χ3n) is 8.67. The largest absolute Gasteiger partial charge is 0.466 e. The molecule has 0 radical (unpaired) electrons. The van der Waals surface area contributed by atoms with Crippen LogP contribution in [0.15, 0.2) is 48.6 Å². The van der Waals surface area contributed by atoms with Crippen LogP contribution in [0.3, 0.4) is 0 Å². The molecule has 0 aliphatic heterocycles. The molecule has 0 aliphatic carbocycles. The molecule has 0 amide bonds. The predicted octanol–water partition coefficient (Wildman–Crippen LogP) is 10.4. The van der Waals surface area contributed by atoms with Crippen LogP contribution in [0, 0.1) is 68.2 Å². The first-order chi connectivity index (χ1) is 24.6. The summed E-state index contributed by atoms with van der Waals surface area (Å²) >= 11 is 0. The Labute approximate surface area is 322 Å². The standard InChI is InChI=1S/C26H33O5P.C16H20O4P.CH4/c1-9-31-24(27)21(8)14-32(30,25(28)22-17(4)10-15(2)11-18(22)5)26(29)23-19(6)12-16(3)13-20(23)7;1-6-20-15(17)13(5)9-21(19)16(18)14-11(3)7-10(2)8-12(14)4;/h10-13,21H,9,14H2,1-8H3;7-8H,5-6,9H2,1-4H3;1H4/q;+1;. The van der Waals surface area contributed by atoms with Gasteiger partial charge in [0.15, 0.2) is 6.16 Å². The predicted molar refractivity (Wildman–Crippen MR) is 218 cm³/mol. The van der Waals surface area contributed by atoms with Crippen LogP contribution in [0.4, 0.5) is 0 Å². The fourth-order valence-electron chi connectivity index (χ4n) is 6.58. The second-order valence-corrected chi connectivity index (χ2v) is 17.8. The Kier molecular flexibility index (Phi) is 18.0. The van der Waals surface area contributed by atoms with Gasteiger partial charge in [-0.25, -0.2) is 9.59 Å². The zero-order valence-corrected chi connectivity index (χ0v) is 34.9. The van der Waals surface area contributed by atoms with Gasteiger partial charge in [-0.15, -0.1) is 0 Å². The number of esters is 2. The van der Waals surface area contributed by atoms with Crippen LogP contribution >= 0.6 is 14.9 Å². The molecule has 11 heteroatoms. The highest BCUT2D eigenvalue weighted by molar-refractivity contribution is 7.95. The van der Waals surface area contributed by atoms with E-state index in [1.165, 1.54) is 0 Å². The first-order valence-corrected chi connectivity index (χ1v) is 20.9. The van der Waals surface area contributed by atoms with Crippen LogP contribution in [0.25, 0.3) is 0 Å². The molecule has 0 heterocycles. The minimum Gasteiger partial charge on any atom is -0.466 e. The maximum absolute atomic E-state index is 14.4. The Morgan fingerprint density at radius 2 is 0.981 bits per heavy atom. The molecule has 0 saturated carbocycles. The van der Waals surface area contributed by atoms with Gasteiger partial charge in [0.2, 0.25) is 18.2 Å². The van der Waals surface area contributed by atoms with Gasteiger partial charge in [-0.2, -0.15) is 0 Å². The normalized spacial score (nSPS) is 11.6. The van der Waals surface area contributed by atoms with E-state index in [2.05, 4.69) is 6.58 Å². The molecule has 0 aliphatic rings. The van der Waals surface area contributed by atoms with Crippen LogP contribution in [-0.2, 0) is 28.2 Å². The summed E-state index contributed by atoms with van der Waals surface area (Å²) in [4.78, 5) is 63.7. The van der Waals surface area contributed by atoms with Gasteiger partial charge in [0.25, 0.3) is 0 Å². The van der Waals surface area contributed by atoms with Crippen molar-refractivity contribution in [2.24, 2.45) is 5.92 Å². The number of carbonyl (C=O) groups is 5. The van der Waals surface area contributed by atoms with Gasteiger partial charge in [-0.3, -0.25) is 14.4 Å². The smallest absolute Gasteiger partial charge is 0.425 e. The molecule has 0 saturated heterocycles. The maximum Gasteiger partial charge on any atom is 0.425 e. The lowest BCUT2D eigenvalue weighted by molar-refractivity contribution is -0.146. The van der Waals surface area contributed by atoms with Crippen LogP contribution in [0.1, 0.15) is 109 Å². The molecule has 3 rings (SSSR count). The molecule has 0 bridgehead atoms. The Hall–Kier alpha value is -4.32. The first kappa shape index (κ1) is 47.7. The van der Waals surface area contributed by atoms with E-state index in [0.717, 1.165) is 27.8 Å². The number of hydrogen-bond donors (Lipinski definition) is 0. The van der Waals surface area contributed by atoms with Crippen LogP contribution in [0.2, 0.25) is 0 Å². The molecule has 3 aromatic carbocycles. The molecule has 0 fully saturated rings. The van der Waals surface area contributed by atoms with E-state index in [4.69, 9.17) is 9.47 Å². The molecule has 3 aromatic rings. The highest BCUT2D eigenvalue weighted by Gasteiger charge is 2.45. The SMILES string of the molecule is C.C=C(C[P+](=O)C(=O)c1c(C)cc(C)cc1C)C(=O)OCC.CCOC(=O)C(C)CP(=O)(C(=O)c1c(C)cc(C)cc1C)C(=O)c1c(C)cc(C)cc1C. The third kappa shape index (κ3) is 11.6. The van der Waals surface area contributed by atoms with Gasteiger partial charge in [0, 0.05) is 17.3 Å². The van der Waals surface area contributed by atoms with Gasteiger partial charge in [-0.1, -0.05) is 78.6 Å². The zero-order valence-electron chi connectivity index (χ0n) is 33.1. The lowest BCUT2D eigenvalue weighted by Gasteiger charge is -2.23. The third-order valence-corrected chi connectivity index (χ3v) is 12.8. The average Bonchev–Trinajstić information content (AvgIpc) is 3.03. The molecule has 54 heavy (non-hydrogen) atoms. The van der Waals surface area contributed by atoms with E-state index >= 15 is 0 Å². The molecule has 2 atom stereocenters. The van der Waals surface area contributed by atoms with Crippen molar-refractivity contribution in [3.63, 3.8) is 0 Å². The van der Waals surface area contributed by atoms with Gasteiger partial charge < -0.3 is 14.0 Å². The molecule has 0 spiro atoms. The van der Waals surface area contributed by atoms with E-state index in [-0.39, 0.29) is 38.5 Å². The average molecular weight is 780 g/mol. The summed E-state index contributed by atoms with van der Waals surface area (Å²) in [6, 6.07) is 11.1. The number of hydrogen-bond acceptors (Lipinski definition) is 9. The monoisotopic (exact) mass is 779 g/mol. The molecule has 0 aromatic heterocycles. The number of aryl methyl sites for hydroxylation is 9. The molecular weight excluding hydrogens is 722 g/mol. The second-order valence-electron chi connectivity index (χ2n) is 13.7. The van der Waals surface area contributed by atoms with E-state index in [1.54, 1.807) is 48.5 Å². The van der Waals surface area contributed by atoms with Crippen molar-refractivity contribution in [1.29, 1.82) is 0 Å². The van der Waals surface area contributed by atoms with Crippen molar-refractivity contribution >= 4 is 43.5 Å². The first-order valence-electron chi connectivity index (χ1n) is 17.5. The molecule has 292 valence electrons. The van der Waals surface area contributed by atoms with Crippen molar-refractivity contribution in [3.05, 3.63) is 115 Å². The fourth-order valence-corrected chi connectivity index (χ4v) is 10.7. The summed E-state index contributed by atoms with van der Waals surface area (Å²) in [6.45, 7) is 25.3. The van der Waals surface area contributed by atoms with Crippen LogP contribution < -0.4 is 0 Å². The topological polar surface area (TPSA) is 138 Å². The lowest BCUT2D eigenvalue weighted by atomic mass is 10.0. The lowest BCUT2D eigenvalue weighted by Crippen LogP contribution is -2.25. The minimum absolute atomic E-state index is 0. The van der Waals surface area contributed by atoms with Gasteiger partial charge in [-0.05, 0) is 110 Å². The second kappa shape index (κ2) is 20.4. The summed E-state index contributed by atoms with van der Waals surface area (Å²) in [7, 11) is -6.43. The Morgan fingerprint density at radius 3 is 1.31 bits per heavy atom. The van der Waals surface area contributed by atoms with Crippen molar-refractivity contribution in [3.8, 4) is 0 Å². The summed E-state index contributed by atoms with van der Waals surface area (Å²) < 4.78 is 36.4. The summed E-state index contributed by atoms with van der Waals surface area (Å²) in [5.41, 5.74) is 6.57. The van der Waals surface area contributed by atoms with Gasteiger partial charge >= 0.3 is 25.3 Å². The van der Waals surface area contributed by atoms with Crippen molar-refractivity contribution in [2.75, 3.05) is 25.5 Å². The van der Waals surface area contributed by atoms with Crippen molar-refractivity contribution < 1.29 is 42.6 Å². The summed E-state index contributed by atoms with van der Waals surface area (Å²) in [6.07, 6.45) is -0.525. The zero-order chi connectivity index (χ0) is 40.5. The maximum atomic E-state index is 14.4. The van der Waals surface area contributed by atoms with Gasteiger partial charge in [0.1, 0.15) is 0 Å². The number of ether oxygens (including phenoxy) is 2. The summed E-state index contributed by atoms with van der Waals surface area (Å²) in [5, 5.41) is 0. The molecule has 9 nitrogen and oxygen atoms in total. The van der Waals surface area contributed by atoms with Gasteiger partial charge in [0.05, 0.1) is 30.3 Å². The summed E-state index contributed by atoms with van der Waals surface area (Å²) in [5.74, 6) is -2.03. The Balaban J connectivity index is 0.000000577. The highest BCUT2D eigenvalue weighted by atomic mass is 31.2. The minimum atomic E-state index is -4.20. The van der Waals surface area contributed by atoms with E-state index in [9.17, 15) is 33.1 Å². The number of carbonyl (C=O) groups excluding carboxylic acids is 5. The fraction of sp³-hybridized carbons (Fsp3) is 0.419. The van der Waals surface area contributed by atoms with E-state index < -0.39 is 49.4 Å².